The van der Waals surface area contributed by atoms with Gasteiger partial charge >= 0.3 is 0 Å². The lowest BCUT2D eigenvalue weighted by molar-refractivity contribution is 0.394. The van der Waals surface area contributed by atoms with Crippen LogP contribution in [0.1, 0.15) is 11.1 Å². The van der Waals surface area contributed by atoms with Gasteiger partial charge in [-0.2, -0.15) is 16.3 Å². The van der Waals surface area contributed by atoms with Crippen LogP contribution in [0.4, 0.5) is 5.95 Å². The predicted molar refractivity (Wildman–Crippen MR) is 72.7 cm³/mol. The average Bonchev–Trinajstić information content (AvgIpc) is 2.74. The normalized spacial score (nSPS) is 10.3. The number of aryl methyl sites for hydroxylation is 1. The first-order chi connectivity index (χ1) is 8.20. The van der Waals surface area contributed by atoms with Gasteiger partial charge in [0, 0.05) is 6.54 Å². The summed E-state index contributed by atoms with van der Waals surface area (Å²) in [6.07, 6.45) is 1.68. The average molecular weight is 314 g/mol. The first kappa shape index (κ1) is 12.3. The molecule has 0 radical (unpaired) electrons. The Labute approximate surface area is 112 Å². The SMILES string of the molecule is COc1nc(NCc2cscc2C)ncc1Br. The molecule has 4 nitrogen and oxygen atoms in total. The van der Waals surface area contributed by atoms with E-state index in [4.69, 9.17) is 4.74 Å². The fourth-order valence-electron chi connectivity index (χ4n) is 1.32. The molecule has 0 aromatic carbocycles. The molecule has 2 aromatic rings. The van der Waals surface area contributed by atoms with Gasteiger partial charge in [-0.3, -0.25) is 0 Å². The highest BCUT2D eigenvalue weighted by Crippen LogP contribution is 2.22. The van der Waals surface area contributed by atoms with Crippen molar-refractivity contribution in [2.45, 2.75) is 13.5 Å². The first-order valence-corrected chi connectivity index (χ1v) is 6.76. The second kappa shape index (κ2) is 5.46. The third kappa shape index (κ3) is 2.95. The molecule has 0 unspecified atom stereocenters. The fraction of sp³-hybridized carbons (Fsp3) is 0.273. The molecule has 0 atom stereocenters. The van der Waals surface area contributed by atoms with Gasteiger partial charge in [-0.05, 0) is 44.7 Å². The molecule has 90 valence electrons. The summed E-state index contributed by atoms with van der Waals surface area (Å²) < 4.78 is 5.86. The molecule has 0 fully saturated rings. The zero-order chi connectivity index (χ0) is 12.3. The van der Waals surface area contributed by atoms with Crippen LogP contribution in [0.15, 0.2) is 21.4 Å². The van der Waals surface area contributed by atoms with Crippen molar-refractivity contribution >= 4 is 33.2 Å². The molecule has 0 aliphatic carbocycles. The number of hydrogen-bond donors (Lipinski definition) is 1. The molecular formula is C11H12BrN3OS. The number of halogens is 1. The summed E-state index contributed by atoms with van der Waals surface area (Å²) in [5, 5.41) is 7.42. The minimum Gasteiger partial charge on any atom is -0.480 e. The molecule has 0 spiro atoms. The van der Waals surface area contributed by atoms with Crippen LogP contribution in [0.25, 0.3) is 0 Å². The third-order valence-electron chi connectivity index (χ3n) is 2.30. The van der Waals surface area contributed by atoms with E-state index in [-0.39, 0.29) is 0 Å². The summed E-state index contributed by atoms with van der Waals surface area (Å²) in [4.78, 5) is 8.40. The van der Waals surface area contributed by atoms with Gasteiger partial charge in [0.05, 0.1) is 17.8 Å². The Bertz CT molecular complexity index is 515. The Hall–Kier alpha value is -1.14. The molecule has 2 rings (SSSR count). The van der Waals surface area contributed by atoms with E-state index in [0.717, 1.165) is 11.0 Å². The summed E-state index contributed by atoms with van der Waals surface area (Å²) in [6, 6.07) is 0. The van der Waals surface area contributed by atoms with E-state index in [2.05, 4.69) is 48.9 Å². The number of thiophene rings is 1. The summed E-state index contributed by atoms with van der Waals surface area (Å²) >= 11 is 5.01. The van der Waals surface area contributed by atoms with E-state index < -0.39 is 0 Å². The van der Waals surface area contributed by atoms with Crippen molar-refractivity contribution in [1.82, 2.24) is 9.97 Å². The van der Waals surface area contributed by atoms with Crippen molar-refractivity contribution in [2.75, 3.05) is 12.4 Å². The van der Waals surface area contributed by atoms with Crippen LogP contribution in [0, 0.1) is 6.92 Å². The molecule has 1 N–H and O–H groups in total. The van der Waals surface area contributed by atoms with Gasteiger partial charge in [0.15, 0.2) is 0 Å². The van der Waals surface area contributed by atoms with Gasteiger partial charge in [0.25, 0.3) is 0 Å². The highest BCUT2D eigenvalue weighted by molar-refractivity contribution is 9.10. The number of nitrogens with zero attached hydrogens (tertiary/aromatic N) is 2. The smallest absolute Gasteiger partial charge is 0.232 e. The Morgan fingerprint density at radius 1 is 1.47 bits per heavy atom. The lowest BCUT2D eigenvalue weighted by atomic mass is 10.2. The lowest BCUT2D eigenvalue weighted by Gasteiger charge is -2.06. The zero-order valence-electron chi connectivity index (χ0n) is 9.53. The van der Waals surface area contributed by atoms with Crippen LogP contribution >= 0.6 is 27.3 Å². The molecule has 0 aliphatic heterocycles. The topological polar surface area (TPSA) is 47.0 Å². The molecule has 0 aliphatic rings. The van der Waals surface area contributed by atoms with Crippen molar-refractivity contribution in [1.29, 1.82) is 0 Å². The molecule has 0 saturated carbocycles. The van der Waals surface area contributed by atoms with E-state index in [1.165, 1.54) is 11.1 Å². The van der Waals surface area contributed by atoms with E-state index in [1.807, 2.05) is 0 Å². The van der Waals surface area contributed by atoms with Crippen LogP contribution < -0.4 is 10.1 Å². The van der Waals surface area contributed by atoms with Gasteiger partial charge in [-0.25, -0.2) is 4.98 Å². The molecule has 0 saturated heterocycles. The number of nitrogens with one attached hydrogen (secondary N) is 1. The van der Waals surface area contributed by atoms with Gasteiger partial charge < -0.3 is 10.1 Å². The van der Waals surface area contributed by atoms with Crippen molar-refractivity contribution in [3.05, 3.63) is 32.6 Å². The highest BCUT2D eigenvalue weighted by atomic mass is 79.9. The minimum atomic E-state index is 0.532. The standard InChI is InChI=1S/C11H12BrN3OS/c1-7-5-17-6-8(7)3-13-11-14-4-9(12)10(15-11)16-2/h4-6H,3H2,1-2H3,(H,13,14,15). The number of rotatable bonds is 4. The Morgan fingerprint density at radius 3 is 2.94 bits per heavy atom. The van der Waals surface area contributed by atoms with Gasteiger partial charge in [0.1, 0.15) is 0 Å². The molecule has 2 aromatic heterocycles. The van der Waals surface area contributed by atoms with E-state index in [0.29, 0.717) is 11.8 Å². The highest BCUT2D eigenvalue weighted by Gasteiger charge is 2.05. The molecule has 0 bridgehead atoms. The van der Waals surface area contributed by atoms with Crippen LogP contribution in [0.3, 0.4) is 0 Å². The maximum absolute atomic E-state index is 5.11. The number of hydrogen-bond acceptors (Lipinski definition) is 5. The number of methoxy groups -OCH3 is 1. The van der Waals surface area contributed by atoms with Crippen molar-refractivity contribution in [2.24, 2.45) is 0 Å². The Balaban J connectivity index is 2.07. The second-order valence-corrected chi connectivity index (χ2v) is 5.08. The summed E-state index contributed by atoms with van der Waals surface area (Å²) in [5.41, 5.74) is 2.55. The van der Waals surface area contributed by atoms with Crippen LogP contribution in [0.5, 0.6) is 5.88 Å². The summed E-state index contributed by atoms with van der Waals surface area (Å²) in [7, 11) is 1.58. The van der Waals surface area contributed by atoms with Gasteiger partial charge in [-0.15, -0.1) is 0 Å². The quantitative estimate of drug-likeness (QED) is 0.941. The van der Waals surface area contributed by atoms with E-state index >= 15 is 0 Å². The molecular weight excluding hydrogens is 302 g/mol. The van der Waals surface area contributed by atoms with Crippen LogP contribution in [0.2, 0.25) is 0 Å². The fourth-order valence-corrected chi connectivity index (χ4v) is 2.53. The molecule has 2 heterocycles. The second-order valence-electron chi connectivity index (χ2n) is 3.48. The zero-order valence-corrected chi connectivity index (χ0v) is 11.9. The maximum Gasteiger partial charge on any atom is 0.232 e. The van der Waals surface area contributed by atoms with Crippen molar-refractivity contribution < 1.29 is 4.74 Å². The van der Waals surface area contributed by atoms with Crippen LogP contribution in [-0.4, -0.2) is 17.1 Å². The number of aromatic nitrogens is 2. The first-order valence-electron chi connectivity index (χ1n) is 5.02. The Morgan fingerprint density at radius 2 is 2.29 bits per heavy atom. The van der Waals surface area contributed by atoms with Crippen molar-refractivity contribution in [3.8, 4) is 5.88 Å². The monoisotopic (exact) mass is 313 g/mol. The van der Waals surface area contributed by atoms with E-state index in [1.54, 1.807) is 24.6 Å². The number of anilines is 1. The summed E-state index contributed by atoms with van der Waals surface area (Å²) in [5.74, 6) is 1.10. The number of ether oxygens (including phenoxy) is 1. The van der Waals surface area contributed by atoms with Crippen molar-refractivity contribution in [3.63, 3.8) is 0 Å². The van der Waals surface area contributed by atoms with Crippen LogP contribution in [-0.2, 0) is 6.54 Å². The Kier molecular flexibility index (Phi) is 3.96. The minimum absolute atomic E-state index is 0.532. The summed E-state index contributed by atoms with van der Waals surface area (Å²) in [6.45, 7) is 2.82. The van der Waals surface area contributed by atoms with Gasteiger partial charge in [-0.1, -0.05) is 0 Å². The largest absolute Gasteiger partial charge is 0.480 e. The maximum atomic E-state index is 5.11. The molecule has 6 heteroatoms. The van der Waals surface area contributed by atoms with E-state index in [9.17, 15) is 0 Å². The molecule has 0 amide bonds. The van der Waals surface area contributed by atoms with Gasteiger partial charge in [0.2, 0.25) is 11.8 Å². The predicted octanol–water partition coefficient (Wildman–Crippen LogP) is 3.23. The lowest BCUT2D eigenvalue weighted by Crippen LogP contribution is -2.04. The molecule has 17 heavy (non-hydrogen) atoms. The third-order valence-corrected chi connectivity index (χ3v) is 3.76.